The minimum absolute atomic E-state index is 0.295. The number of carbonyl (C=O) groups is 2. The van der Waals surface area contributed by atoms with Gasteiger partial charge in [-0.05, 0) is 6.92 Å². The average molecular weight is 192 g/mol. The third kappa shape index (κ3) is 1.31. The molecule has 0 saturated carbocycles. The molecule has 74 valence electrons. The zero-order valence-electron chi connectivity index (χ0n) is 8.44. The molecule has 0 N–H and O–H groups in total. The maximum absolute atomic E-state index is 11.6. The maximum Gasteiger partial charge on any atom is 0.256 e. The lowest BCUT2D eigenvalue weighted by atomic mass is 9.83. The number of hydrogen-bond acceptors (Lipinski definition) is 3. The van der Waals surface area contributed by atoms with Gasteiger partial charge in [0.2, 0.25) is 5.91 Å². The van der Waals surface area contributed by atoms with Gasteiger partial charge in [0.05, 0.1) is 6.07 Å². The van der Waals surface area contributed by atoms with Crippen molar-refractivity contribution in [3.05, 3.63) is 11.6 Å². The van der Waals surface area contributed by atoms with Gasteiger partial charge in [-0.1, -0.05) is 13.0 Å². The smallest absolute Gasteiger partial charge is 0.256 e. The van der Waals surface area contributed by atoms with Crippen LogP contribution >= 0.6 is 0 Å². The summed E-state index contributed by atoms with van der Waals surface area (Å²) in [6, 6.07) is 1.93. The van der Waals surface area contributed by atoms with Crippen molar-refractivity contribution in [2.45, 2.75) is 13.8 Å². The normalized spacial score (nSPS) is 30.7. The minimum Gasteiger partial charge on any atom is -0.281 e. The molecule has 1 fully saturated rings. The molecule has 0 aliphatic carbocycles. The van der Waals surface area contributed by atoms with Crippen LogP contribution in [0.2, 0.25) is 0 Å². The molecule has 0 aromatic carbocycles. The molecule has 1 heterocycles. The number of imide groups is 1. The van der Waals surface area contributed by atoms with Crippen LogP contribution in [-0.2, 0) is 9.59 Å². The van der Waals surface area contributed by atoms with Crippen LogP contribution in [0, 0.1) is 23.2 Å². The summed E-state index contributed by atoms with van der Waals surface area (Å²) < 4.78 is 0. The highest BCUT2D eigenvalue weighted by atomic mass is 16.2. The highest BCUT2D eigenvalue weighted by molar-refractivity contribution is 6.08. The number of likely N-dealkylation sites (N-methyl/N-ethyl adjacent to an activating group) is 1. The summed E-state index contributed by atoms with van der Waals surface area (Å²) in [5.74, 6) is -1.74. The number of piperidine rings is 1. The predicted octanol–water partition coefficient (Wildman–Crippen LogP) is 0.707. The zero-order chi connectivity index (χ0) is 10.9. The highest BCUT2D eigenvalue weighted by Gasteiger charge is 2.40. The van der Waals surface area contributed by atoms with E-state index in [9.17, 15) is 9.59 Å². The van der Waals surface area contributed by atoms with Gasteiger partial charge >= 0.3 is 0 Å². The number of hydrogen-bond donors (Lipinski definition) is 0. The van der Waals surface area contributed by atoms with E-state index in [-0.39, 0.29) is 11.8 Å². The Labute approximate surface area is 82.8 Å². The van der Waals surface area contributed by atoms with Gasteiger partial charge < -0.3 is 0 Å². The van der Waals surface area contributed by atoms with E-state index in [2.05, 4.69) is 0 Å². The Kier molecular flexibility index (Phi) is 2.70. The fraction of sp³-hybridized carbons (Fsp3) is 0.500. The summed E-state index contributed by atoms with van der Waals surface area (Å²) in [4.78, 5) is 24.1. The van der Waals surface area contributed by atoms with Gasteiger partial charge in [-0.3, -0.25) is 14.5 Å². The van der Waals surface area contributed by atoms with E-state index in [4.69, 9.17) is 5.26 Å². The zero-order valence-corrected chi connectivity index (χ0v) is 8.44. The van der Waals surface area contributed by atoms with Crippen LogP contribution in [0.5, 0.6) is 0 Å². The molecular formula is C10H12N2O2. The van der Waals surface area contributed by atoms with Crippen LogP contribution < -0.4 is 0 Å². The molecule has 1 aliphatic rings. The first kappa shape index (κ1) is 10.5. The summed E-state index contributed by atoms with van der Waals surface area (Å²) in [5, 5.41) is 8.81. The molecule has 4 nitrogen and oxygen atoms in total. The lowest BCUT2D eigenvalue weighted by molar-refractivity contribution is -0.146. The van der Waals surface area contributed by atoms with Crippen LogP contribution in [0.15, 0.2) is 11.6 Å². The van der Waals surface area contributed by atoms with Crippen molar-refractivity contribution >= 4 is 11.8 Å². The summed E-state index contributed by atoms with van der Waals surface area (Å²) >= 11 is 0. The summed E-state index contributed by atoms with van der Waals surface area (Å²) in [6.07, 6.45) is 1.67. The first-order valence-corrected chi connectivity index (χ1v) is 4.42. The van der Waals surface area contributed by atoms with Gasteiger partial charge in [0, 0.05) is 18.5 Å². The van der Waals surface area contributed by atoms with E-state index < -0.39 is 11.8 Å². The quantitative estimate of drug-likeness (QED) is 0.419. The van der Waals surface area contributed by atoms with E-state index in [1.807, 2.05) is 6.07 Å². The van der Waals surface area contributed by atoms with E-state index >= 15 is 0 Å². The van der Waals surface area contributed by atoms with Crippen LogP contribution in [0.3, 0.4) is 0 Å². The number of amides is 2. The van der Waals surface area contributed by atoms with Crippen molar-refractivity contribution in [3.8, 4) is 6.07 Å². The number of nitrogens with zero attached hydrogens (tertiary/aromatic N) is 2. The summed E-state index contributed by atoms with van der Waals surface area (Å²) in [7, 11) is 1.41. The Morgan fingerprint density at radius 2 is 2.07 bits per heavy atom. The van der Waals surface area contributed by atoms with Gasteiger partial charge in [0.25, 0.3) is 5.91 Å². The summed E-state index contributed by atoms with van der Waals surface area (Å²) in [6.45, 7) is 3.47. The Morgan fingerprint density at radius 1 is 1.50 bits per heavy atom. The third-order valence-electron chi connectivity index (χ3n) is 2.59. The molecule has 4 heteroatoms. The maximum atomic E-state index is 11.6. The highest BCUT2D eigenvalue weighted by Crippen LogP contribution is 2.28. The molecule has 0 unspecified atom stereocenters. The molecule has 2 atom stereocenters. The van der Waals surface area contributed by atoms with E-state index in [0.29, 0.717) is 5.57 Å². The lowest BCUT2D eigenvalue weighted by Crippen LogP contribution is -2.47. The van der Waals surface area contributed by atoms with Crippen LogP contribution in [0.4, 0.5) is 0 Å². The Hall–Kier alpha value is -1.63. The number of rotatable bonds is 0. The second-order valence-corrected chi connectivity index (χ2v) is 3.34. The molecular weight excluding hydrogens is 180 g/mol. The molecule has 2 amide bonds. The molecule has 0 radical (unpaired) electrons. The standard InChI is InChI=1S/C10H12N2O2/c1-4-7-6(2)8(5-11)10(14)12(3)9(7)13/h4,6,8H,1-3H3/b7-4-/t6-,8+/m0/s1. The Bertz CT molecular complexity index is 352. The largest absolute Gasteiger partial charge is 0.281 e. The number of allylic oxidation sites excluding steroid dienone is 1. The van der Waals surface area contributed by atoms with Crippen molar-refractivity contribution in [2.24, 2.45) is 11.8 Å². The van der Waals surface area contributed by atoms with Gasteiger partial charge in [-0.25, -0.2) is 0 Å². The first-order chi connectivity index (χ1) is 6.54. The lowest BCUT2D eigenvalue weighted by Gasteiger charge is -2.30. The monoisotopic (exact) mass is 192 g/mol. The van der Waals surface area contributed by atoms with Gasteiger partial charge in [0.15, 0.2) is 0 Å². The molecule has 14 heavy (non-hydrogen) atoms. The topological polar surface area (TPSA) is 61.2 Å². The van der Waals surface area contributed by atoms with E-state index in [1.165, 1.54) is 7.05 Å². The molecule has 1 saturated heterocycles. The molecule has 0 aromatic rings. The average Bonchev–Trinajstić information content (AvgIpc) is 2.16. The minimum atomic E-state index is -0.733. The van der Waals surface area contributed by atoms with Crippen LogP contribution in [0.25, 0.3) is 0 Å². The van der Waals surface area contributed by atoms with Crippen LogP contribution in [-0.4, -0.2) is 23.8 Å². The van der Waals surface area contributed by atoms with Crippen molar-refractivity contribution in [3.63, 3.8) is 0 Å². The molecule has 1 rings (SSSR count). The molecule has 0 spiro atoms. The van der Waals surface area contributed by atoms with Crippen molar-refractivity contribution < 1.29 is 9.59 Å². The van der Waals surface area contributed by atoms with Crippen molar-refractivity contribution in [1.82, 2.24) is 4.90 Å². The predicted molar refractivity (Wildman–Crippen MR) is 49.8 cm³/mol. The molecule has 1 aliphatic heterocycles. The second kappa shape index (κ2) is 3.62. The van der Waals surface area contributed by atoms with Crippen molar-refractivity contribution in [2.75, 3.05) is 7.05 Å². The van der Waals surface area contributed by atoms with E-state index in [1.54, 1.807) is 19.9 Å². The number of carbonyl (C=O) groups excluding carboxylic acids is 2. The molecule has 0 bridgehead atoms. The second-order valence-electron chi connectivity index (χ2n) is 3.34. The first-order valence-electron chi connectivity index (χ1n) is 4.42. The fourth-order valence-electron chi connectivity index (χ4n) is 1.64. The number of nitriles is 1. The van der Waals surface area contributed by atoms with Crippen LogP contribution in [0.1, 0.15) is 13.8 Å². The van der Waals surface area contributed by atoms with E-state index in [0.717, 1.165) is 4.90 Å². The third-order valence-corrected chi connectivity index (χ3v) is 2.59. The van der Waals surface area contributed by atoms with Crippen molar-refractivity contribution in [1.29, 1.82) is 5.26 Å². The SMILES string of the molecule is C/C=C1\C(=O)N(C)C(=O)[C@H](C#N)[C@H]1C. The Balaban J connectivity index is 3.15. The van der Waals surface area contributed by atoms with Gasteiger partial charge in [0.1, 0.15) is 5.92 Å². The Morgan fingerprint density at radius 3 is 2.50 bits per heavy atom. The fourth-order valence-corrected chi connectivity index (χ4v) is 1.64. The molecule has 0 aromatic heterocycles. The number of likely N-dealkylation sites (tertiary alicyclic amines) is 1. The van der Waals surface area contributed by atoms with Gasteiger partial charge in [-0.15, -0.1) is 0 Å². The van der Waals surface area contributed by atoms with Gasteiger partial charge in [-0.2, -0.15) is 5.26 Å². The summed E-state index contributed by atoms with van der Waals surface area (Å²) in [5.41, 5.74) is 0.540.